The lowest BCUT2D eigenvalue weighted by atomic mass is 9.99. The molecule has 2 aromatic rings. The van der Waals surface area contributed by atoms with E-state index < -0.39 is 10.8 Å². The van der Waals surface area contributed by atoms with Crippen molar-refractivity contribution in [3.63, 3.8) is 0 Å². The second kappa shape index (κ2) is 5.50. The Morgan fingerprint density at radius 1 is 1.35 bits per heavy atom. The zero-order valence-electron chi connectivity index (χ0n) is 12.2. The van der Waals surface area contributed by atoms with Gasteiger partial charge in [0.15, 0.2) is 0 Å². The summed E-state index contributed by atoms with van der Waals surface area (Å²) in [7, 11) is -1.22. The average Bonchev–Trinajstić information content (AvgIpc) is 3.04. The molecule has 0 aromatic carbocycles. The van der Waals surface area contributed by atoms with Gasteiger partial charge in [-0.2, -0.15) is 0 Å². The molecule has 0 aliphatic carbocycles. The van der Waals surface area contributed by atoms with Crippen LogP contribution in [0.3, 0.4) is 0 Å². The van der Waals surface area contributed by atoms with Gasteiger partial charge in [0.05, 0.1) is 22.4 Å². The van der Waals surface area contributed by atoms with Crippen LogP contribution in [-0.4, -0.2) is 44.3 Å². The molecule has 8 heteroatoms. The number of aromatic nitrogens is 3. The summed E-state index contributed by atoms with van der Waals surface area (Å²) >= 11 is 6.29. The zero-order valence-corrected chi connectivity index (χ0v) is 13.8. The second-order valence-corrected chi connectivity index (χ2v) is 6.84. The topological polar surface area (TPSA) is 71.3 Å². The number of aliphatic imine (C=N–C) groups is 1. The lowest BCUT2D eigenvalue weighted by Crippen LogP contribution is -2.32. The standard InChI is InChI=1S/C15H12ClN5OS/c1-23(22)15-19-7-9-6-11(10-2-3-17-8-12(10)16)14-18-4-5-21(14)13(9)20-15/h2-3,6-8H,4-5H2,1H3. The monoisotopic (exact) mass is 345 g/mol. The van der Waals surface area contributed by atoms with Gasteiger partial charge in [0.2, 0.25) is 5.16 Å². The third-order valence-corrected chi connectivity index (χ3v) is 4.74. The van der Waals surface area contributed by atoms with E-state index in [0.717, 1.165) is 34.9 Å². The van der Waals surface area contributed by atoms with Gasteiger partial charge in [-0.1, -0.05) is 11.6 Å². The van der Waals surface area contributed by atoms with Gasteiger partial charge < -0.3 is 4.90 Å². The molecule has 0 fully saturated rings. The smallest absolute Gasteiger partial charge is 0.220 e. The van der Waals surface area contributed by atoms with E-state index in [9.17, 15) is 4.21 Å². The molecule has 2 aliphatic heterocycles. The van der Waals surface area contributed by atoms with E-state index in [2.05, 4.69) is 19.9 Å². The number of anilines is 1. The maximum absolute atomic E-state index is 11.7. The number of pyridine rings is 1. The molecule has 23 heavy (non-hydrogen) atoms. The molecule has 0 bridgehead atoms. The molecular formula is C15H12ClN5OS. The average molecular weight is 346 g/mol. The van der Waals surface area contributed by atoms with E-state index in [1.165, 1.54) is 0 Å². The van der Waals surface area contributed by atoms with Crippen molar-refractivity contribution in [1.82, 2.24) is 15.0 Å². The molecule has 0 saturated carbocycles. The fourth-order valence-electron chi connectivity index (χ4n) is 2.72. The van der Waals surface area contributed by atoms with Crippen LogP contribution in [0.5, 0.6) is 0 Å². The van der Waals surface area contributed by atoms with Gasteiger partial charge >= 0.3 is 0 Å². The fraction of sp³-hybridized carbons (Fsp3) is 0.200. The number of amidine groups is 1. The van der Waals surface area contributed by atoms with E-state index in [4.69, 9.17) is 11.6 Å². The van der Waals surface area contributed by atoms with Crippen LogP contribution in [0.1, 0.15) is 11.1 Å². The van der Waals surface area contributed by atoms with Crippen LogP contribution in [0.4, 0.5) is 5.82 Å². The Balaban J connectivity index is 1.92. The molecule has 4 rings (SSSR count). The van der Waals surface area contributed by atoms with Crippen molar-refractivity contribution in [2.75, 3.05) is 24.2 Å². The summed E-state index contributed by atoms with van der Waals surface area (Å²) in [5.41, 5.74) is 2.67. The minimum Gasteiger partial charge on any atom is -0.308 e. The van der Waals surface area contributed by atoms with Gasteiger partial charge in [-0.15, -0.1) is 0 Å². The van der Waals surface area contributed by atoms with Crippen molar-refractivity contribution in [2.24, 2.45) is 4.99 Å². The van der Waals surface area contributed by atoms with Crippen molar-refractivity contribution in [3.05, 3.63) is 40.8 Å². The summed E-state index contributed by atoms with van der Waals surface area (Å²) in [6.45, 7) is 1.42. The zero-order chi connectivity index (χ0) is 16.0. The van der Waals surface area contributed by atoms with Gasteiger partial charge in [0, 0.05) is 48.1 Å². The number of hydrogen-bond acceptors (Lipinski definition) is 6. The van der Waals surface area contributed by atoms with Crippen LogP contribution in [0, 0.1) is 0 Å². The second-order valence-electron chi connectivity index (χ2n) is 5.16. The summed E-state index contributed by atoms with van der Waals surface area (Å²) in [5.74, 6) is 1.58. The lowest BCUT2D eigenvalue weighted by molar-refractivity contribution is 0.679. The van der Waals surface area contributed by atoms with Crippen LogP contribution in [0.15, 0.2) is 34.8 Å². The quantitative estimate of drug-likeness (QED) is 0.779. The SMILES string of the molecule is CS(=O)c1ncc2c(n1)N1CCN=C1C(c1ccncc1Cl)=C2. The number of rotatable bonds is 2. The summed E-state index contributed by atoms with van der Waals surface area (Å²) in [5, 5.41) is 0.901. The molecule has 1 unspecified atom stereocenters. The van der Waals surface area contributed by atoms with Gasteiger partial charge in [-0.05, 0) is 12.1 Å². The third kappa shape index (κ3) is 2.36. The Labute approximate surface area is 140 Å². The largest absolute Gasteiger partial charge is 0.308 e. The van der Waals surface area contributed by atoms with Crippen LogP contribution in [-0.2, 0) is 10.8 Å². The van der Waals surface area contributed by atoms with Gasteiger partial charge in [0.1, 0.15) is 11.7 Å². The third-order valence-electron chi connectivity index (χ3n) is 3.73. The van der Waals surface area contributed by atoms with Gasteiger partial charge in [0.25, 0.3) is 0 Å². The van der Waals surface area contributed by atoms with Crippen LogP contribution in [0.2, 0.25) is 5.02 Å². The number of fused-ring (bicyclic) bond motifs is 3. The highest BCUT2D eigenvalue weighted by atomic mass is 35.5. The Kier molecular flexibility index (Phi) is 3.46. The fourth-order valence-corrected chi connectivity index (χ4v) is 3.36. The van der Waals surface area contributed by atoms with Crippen molar-refractivity contribution in [3.8, 4) is 0 Å². The van der Waals surface area contributed by atoms with Crippen LogP contribution >= 0.6 is 11.6 Å². The van der Waals surface area contributed by atoms with E-state index in [-0.39, 0.29) is 0 Å². The first kappa shape index (κ1) is 14.5. The summed E-state index contributed by atoms with van der Waals surface area (Å²) < 4.78 is 11.7. The molecule has 0 radical (unpaired) electrons. The van der Waals surface area contributed by atoms with Gasteiger partial charge in [-0.3, -0.25) is 14.2 Å². The summed E-state index contributed by atoms with van der Waals surface area (Å²) in [6, 6.07) is 1.87. The maximum Gasteiger partial charge on any atom is 0.220 e. The highest BCUT2D eigenvalue weighted by molar-refractivity contribution is 7.84. The minimum atomic E-state index is -1.22. The molecule has 116 valence electrons. The lowest BCUT2D eigenvalue weighted by Gasteiger charge is -2.27. The summed E-state index contributed by atoms with van der Waals surface area (Å²) in [4.78, 5) is 19.3. The molecule has 0 amide bonds. The molecule has 0 N–H and O–H groups in total. The first-order valence-corrected chi connectivity index (χ1v) is 8.93. The molecular weight excluding hydrogens is 334 g/mol. The van der Waals surface area contributed by atoms with Crippen molar-refractivity contribution in [2.45, 2.75) is 5.16 Å². The first-order valence-electron chi connectivity index (χ1n) is 6.99. The minimum absolute atomic E-state index is 0.328. The number of nitrogens with zero attached hydrogens (tertiary/aromatic N) is 5. The first-order chi connectivity index (χ1) is 11.1. The van der Waals surface area contributed by atoms with Gasteiger partial charge in [-0.25, -0.2) is 9.97 Å². The van der Waals surface area contributed by atoms with E-state index >= 15 is 0 Å². The van der Waals surface area contributed by atoms with Crippen LogP contribution < -0.4 is 4.90 Å². The molecule has 2 aromatic heterocycles. The highest BCUT2D eigenvalue weighted by Gasteiger charge is 2.31. The molecule has 4 heterocycles. The summed E-state index contributed by atoms with van der Waals surface area (Å²) in [6.07, 6.45) is 8.56. The van der Waals surface area contributed by atoms with Crippen molar-refractivity contribution >= 4 is 45.7 Å². The Morgan fingerprint density at radius 3 is 3.00 bits per heavy atom. The molecule has 6 nitrogen and oxygen atoms in total. The Bertz CT molecular complexity index is 895. The Morgan fingerprint density at radius 2 is 2.22 bits per heavy atom. The molecule has 2 aliphatic rings. The predicted molar refractivity (Wildman–Crippen MR) is 91.1 cm³/mol. The predicted octanol–water partition coefficient (Wildman–Crippen LogP) is 2.04. The normalized spacial score (nSPS) is 17.2. The van der Waals surface area contributed by atoms with Crippen molar-refractivity contribution in [1.29, 1.82) is 0 Å². The van der Waals surface area contributed by atoms with E-state index in [1.54, 1.807) is 24.8 Å². The molecule has 0 saturated heterocycles. The van der Waals surface area contributed by atoms with Crippen molar-refractivity contribution < 1.29 is 4.21 Å². The Hall–Kier alpha value is -2.12. The van der Waals surface area contributed by atoms with E-state index in [0.29, 0.717) is 16.7 Å². The maximum atomic E-state index is 11.7. The number of halogens is 1. The van der Waals surface area contributed by atoms with Crippen LogP contribution in [0.25, 0.3) is 11.6 Å². The van der Waals surface area contributed by atoms with E-state index in [1.807, 2.05) is 17.0 Å². The molecule has 1 atom stereocenters. The number of hydrogen-bond donors (Lipinski definition) is 0. The molecule has 0 spiro atoms. The highest BCUT2D eigenvalue weighted by Crippen LogP contribution is 2.36.